The number of nitrogens with one attached hydrogen (secondary N) is 1. The summed E-state index contributed by atoms with van der Waals surface area (Å²) in [4.78, 5) is 4.52. The van der Waals surface area contributed by atoms with Crippen molar-refractivity contribution in [2.75, 3.05) is 11.1 Å². The first kappa shape index (κ1) is 15.3. The van der Waals surface area contributed by atoms with Gasteiger partial charge in [-0.25, -0.2) is 4.98 Å². The maximum Gasteiger partial charge on any atom is 0.149 e. The van der Waals surface area contributed by atoms with E-state index in [1.807, 2.05) is 12.3 Å². The van der Waals surface area contributed by atoms with Crippen molar-refractivity contribution in [3.05, 3.63) is 11.1 Å². The smallest absolute Gasteiger partial charge is 0.149 e. The Balaban J connectivity index is 2.09. The van der Waals surface area contributed by atoms with Crippen molar-refractivity contribution < 1.29 is 0 Å². The second kappa shape index (κ2) is 7.04. The molecule has 3 N–H and O–H groups in total. The molecule has 0 fully saturated rings. The summed E-state index contributed by atoms with van der Waals surface area (Å²) < 4.78 is 4.28. The van der Waals surface area contributed by atoms with E-state index in [2.05, 4.69) is 28.5 Å². The first-order valence-electron chi connectivity index (χ1n) is 7.06. The number of rotatable bonds is 7. The normalized spacial score (nSPS) is 12.6. The maximum atomic E-state index is 6.01. The van der Waals surface area contributed by atoms with Crippen molar-refractivity contribution in [1.29, 1.82) is 0 Å². The molecule has 4 nitrogen and oxygen atoms in total. The van der Waals surface area contributed by atoms with E-state index in [0.29, 0.717) is 11.9 Å². The number of nitrogens with zero attached hydrogens (tertiary/aromatic N) is 2. The van der Waals surface area contributed by atoms with Gasteiger partial charge in [0.05, 0.1) is 5.56 Å². The highest BCUT2D eigenvalue weighted by molar-refractivity contribution is 7.15. The second-order valence-corrected chi connectivity index (χ2v) is 6.74. The molecular formula is C14H22N4S2. The summed E-state index contributed by atoms with van der Waals surface area (Å²) in [5.41, 5.74) is 8.00. The molecule has 1 atom stereocenters. The molecule has 2 heterocycles. The molecule has 0 aliphatic carbocycles. The highest BCUT2D eigenvalue weighted by Crippen LogP contribution is 2.38. The molecule has 0 aliphatic heterocycles. The van der Waals surface area contributed by atoms with Crippen LogP contribution < -0.4 is 11.1 Å². The number of thiazole rings is 1. The van der Waals surface area contributed by atoms with E-state index < -0.39 is 0 Å². The van der Waals surface area contributed by atoms with Crippen molar-refractivity contribution in [2.24, 2.45) is 0 Å². The van der Waals surface area contributed by atoms with Crippen LogP contribution in [0.4, 0.5) is 10.8 Å². The average Bonchev–Trinajstić information content (AvgIpc) is 2.96. The van der Waals surface area contributed by atoms with Crippen LogP contribution >= 0.6 is 22.9 Å². The zero-order valence-corrected chi connectivity index (χ0v) is 13.9. The van der Waals surface area contributed by atoms with Gasteiger partial charge in [0, 0.05) is 17.1 Å². The van der Waals surface area contributed by atoms with Crippen molar-refractivity contribution in [1.82, 2.24) is 9.36 Å². The monoisotopic (exact) mass is 310 g/mol. The molecule has 0 aromatic carbocycles. The third-order valence-corrected chi connectivity index (χ3v) is 4.94. The van der Waals surface area contributed by atoms with Gasteiger partial charge in [0.15, 0.2) is 0 Å². The second-order valence-electron chi connectivity index (χ2n) is 5.11. The molecule has 0 amide bonds. The largest absolute Gasteiger partial charge is 0.382 e. The lowest BCUT2D eigenvalue weighted by molar-refractivity contribution is 0.616. The number of nitrogens with two attached hydrogens (primary N) is 1. The maximum absolute atomic E-state index is 6.01. The van der Waals surface area contributed by atoms with E-state index in [0.717, 1.165) is 21.3 Å². The van der Waals surface area contributed by atoms with Crippen LogP contribution in [-0.2, 0) is 0 Å². The van der Waals surface area contributed by atoms with E-state index in [1.165, 1.54) is 37.2 Å². The Labute approximate surface area is 128 Å². The molecule has 2 aromatic rings. The molecule has 0 radical (unpaired) electrons. The molecule has 2 rings (SSSR count). The van der Waals surface area contributed by atoms with Gasteiger partial charge in [-0.15, -0.1) is 11.3 Å². The molecule has 110 valence electrons. The van der Waals surface area contributed by atoms with E-state index in [-0.39, 0.29) is 0 Å². The highest BCUT2D eigenvalue weighted by Gasteiger charge is 2.17. The number of nitrogen functional groups attached to an aromatic ring is 1. The molecule has 0 saturated carbocycles. The number of aryl methyl sites for hydroxylation is 1. The summed E-state index contributed by atoms with van der Waals surface area (Å²) in [6.07, 6.45) is 4.96. The lowest BCUT2D eigenvalue weighted by Gasteiger charge is -2.14. The van der Waals surface area contributed by atoms with E-state index in [1.54, 1.807) is 11.3 Å². The summed E-state index contributed by atoms with van der Waals surface area (Å²) in [6.45, 7) is 6.43. The van der Waals surface area contributed by atoms with Gasteiger partial charge in [0.2, 0.25) is 0 Å². The lowest BCUT2D eigenvalue weighted by atomic mass is 10.1. The van der Waals surface area contributed by atoms with Crippen LogP contribution in [0.1, 0.15) is 45.2 Å². The minimum atomic E-state index is 0.432. The number of anilines is 2. The molecule has 6 heteroatoms. The molecule has 20 heavy (non-hydrogen) atoms. The van der Waals surface area contributed by atoms with Crippen LogP contribution in [0.5, 0.6) is 0 Å². The first-order valence-corrected chi connectivity index (χ1v) is 8.71. The number of aromatic nitrogens is 2. The Morgan fingerprint density at radius 2 is 2.20 bits per heavy atom. The van der Waals surface area contributed by atoms with Gasteiger partial charge in [-0.3, -0.25) is 0 Å². The Morgan fingerprint density at radius 3 is 2.85 bits per heavy atom. The van der Waals surface area contributed by atoms with Crippen molar-refractivity contribution in [2.45, 2.75) is 52.5 Å². The van der Waals surface area contributed by atoms with Gasteiger partial charge in [0.1, 0.15) is 15.8 Å². The minimum absolute atomic E-state index is 0.432. The van der Waals surface area contributed by atoms with Crippen LogP contribution in [0, 0.1) is 6.92 Å². The predicted octanol–water partition coefficient (Wildman–Crippen LogP) is 4.54. The fourth-order valence-corrected chi connectivity index (χ4v) is 3.82. The van der Waals surface area contributed by atoms with Crippen LogP contribution in [0.25, 0.3) is 10.6 Å². The van der Waals surface area contributed by atoms with Crippen molar-refractivity contribution in [3.63, 3.8) is 0 Å². The molecular weight excluding hydrogens is 288 g/mol. The Morgan fingerprint density at radius 1 is 1.40 bits per heavy atom. The first-order chi connectivity index (χ1) is 9.61. The van der Waals surface area contributed by atoms with E-state index in [4.69, 9.17) is 5.73 Å². The molecule has 2 aromatic heterocycles. The molecule has 0 aliphatic rings. The van der Waals surface area contributed by atoms with Crippen LogP contribution in [0.2, 0.25) is 0 Å². The standard InChI is InChI=1S/C14H22N4S2/c1-4-5-6-7-9(2)16-14-11(12(15)18-20-14)13-17-10(3)8-19-13/h8-9,16H,4-7H2,1-3H3,(H2,15,18). The van der Waals surface area contributed by atoms with Crippen molar-refractivity contribution in [3.8, 4) is 10.6 Å². The van der Waals surface area contributed by atoms with Gasteiger partial charge in [-0.05, 0) is 31.8 Å². The third kappa shape index (κ3) is 3.70. The molecule has 0 saturated heterocycles. The van der Waals surface area contributed by atoms with Crippen LogP contribution in [0.15, 0.2) is 5.38 Å². The predicted molar refractivity (Wildman–Crippen MR) is 89.6 cm³/mol. The Kier molecular flexibility index (Phi) is 5.37. The molecule has 0 bridgehead atoms. The molecule has 0 spiro atoms. The summed E-state index contributed by atoms with van der Waals surface area (Å²) in [5, 5.41) is 7.58. The lowest BCUT2D eigenvalue weighted by Crippen LogP contribution is -2.14. The topological polar surface area (TPSA) is 63.8 Å². The fourth-order valence-electron chi connectivity index (χ4n) is 2.07. The average molecular weight is 310 g/mol. The highest BCUT2D eigenvalue weighted by atomic mass is 32.1. The van der Waals surface area contributed by atoms with Gasteiger partial charge in [-0.1, -0.05) is 26.2 Å². The summed E-state index contributed by atoms with van der Waals surface area (Å²) in [5.74, 6) is 0.576. The zero-order chi connectivity index (χ0) is 14.5. The van der Waals surface area contributed by atoms with E-state index in [9.17, 15) is 0 Å². The van der Waals surface area contributed by atoms with E-state index >= 15 is 0 Å². The minimum Gasteiger partial charge on any atom is -0.382 e. The van der Waals surface area contributed by atoms with Crippen molar-refractivity contribution >= 4 is 33.7 Å². The summed E-state index contributed by atoms with van der Waals surface area (Å²) in [6, 6.07) is 0.432. The Bertz CT molecular complexity index is 547. The fraction of sp³-hybridized carbons (Fsp3) is 0.571. The van der Waals surface area contributed by atoms with Gasteiger partial charge in [-0.2, -0.15) is 4.37 Å². The number of unbranched alkanes of at least 4 members (excludes halogenated alkanes) is 2. The van der Waals surface area contributed by atoms with Gasteiger partial charge in [0.25, 0.3) is 0 Å². The third-order valence-electron chi connectivity index (χ3n) is 3.17. The SMILES string of the molecule is CCCCCC(C)Nc1snc(N)c1-c1nc(C)cs1. The van der Waals surface area contributed by atoms with Crippen LogP contribution in [-0.4, -0.2) is 15.4 Å². The Hall–Kier alpha value is -1.14. The summed E-state index contributed by atoms with van der Waals surface area (Å²) >= 11 is 3.05. The van der Waals surface area contributed by atoms with Gasteiger partial charge >= 0.3 is 0 Å². The number of hydrogen-bond donors (Lipinski definition) is 2. The zero-order valence-electron chi connectivity index (χ0n) is 12.3. The quantitative estimate of drug-likeness (QED) is 0.737. The van der Waals surface area contributed by atoms with Gasteiger partial charge < -0.3 is 11.1 Å². The summed E-state index contributed by atoms with van der Waals surface area (Å²) in [7, 11) is 0. The molecule has 1 unspecified atom stereocenters. The van der Waals surface area contributed by atoms with Crippen LogP contribution in [0.3, 0.4) is 0 Å². The number of hydrogen-bond acceptors (Lipinski definition) is 6.